The molecule has 3 heterocycles. The number of benzene rings is 5. The summed E-state index contributed by atoms with van der Waals surface area (Å²) in [4.78, 5) is 5.33. The summed E-state index contributed by atoms with van der Waals surface area (Å²) in [6, 6.07) is 34.8. The molecular formula is C56H63BN2S. The van der Waals surface area contributed by atoms with Gasteiger partial charge in [0.05, 0.1) is 5.69 Å². The van der Waals surface area contributed by atoms with Crippen molar-refractivity contribution in [2.75, 3.05) is 9.80 Å². The first-order valence-corrected chi connectivity index (χ1v) is 23.7. The van der Waals surface area contributed by atoms with Crippen LogP contribution >= 0.6 is 11.3 Å². The van der Waals surface area contributed by atoms with E-state index in [-0.39, 0.29) is 28.4 Å². The molecule has 0 radical (unpaired) electrons. The molecule has 0 bridgehead atoms. The van der Waals surface area contributed by atoms with Gasteiger partial charge in [0.2, 0.25) is 0 Å². The van der Waals surface area contributed by atoms with Gasteiger partial charge < -0.3 is 9.80 Å². The smallest absolute Gasteiger partial charge is 0.264 e. The molecule has 3 atom stereocenters. The summed E-state index contributed by atoms with van der Waals surface area (Å²) >= 11 is 2.08. The quantitative estimate of drug-likeness (QED) is 0.161. The lowest BCUT2D eigenvalue weighted by Crippen LogP contribution is -2.61. The van der Waals surface area contributed by atoms with Gasteiger partial charge in [0, 0.05) is 43.3 Å². The van der Waals surface area contributed by atoms with Gasteiger partial charge in [0.1, 0.15) is 0 Å². The molecule has 3 unspecified atom stereocenters. The van der Waals surface area contributed by atoms with Crippen molar-refractivity contribution in [2.24, 2.45) is 5.92 Å². The topological polar surface area (TPSA) is 6.48 Å². The molecule has 0 N–H and O–H groups in total. The number of fused-ring (bicyclic) bond motifs is 10. The highest BCUT2D eigenvalue weighted by Crippen LogP contribution is 2.63. The number of rotatable bonds is 2. The fourth-order valence-electron chi connectivity index (χ4n) is 12.5. The average Bonchev–Trinajstić information content (AvgIpc) is 3.61. The van der Waals surface area contributed by atoms with Crippen LogP contribution in [0.2, 0.25) is 0 Å². The Balaban J connectivity index is 1.24. The van der Waals surface area contributed by atoms with Crippen molar-refractivity contribution in [3.05, 3.63) is 124 Å². The molecular weight excluding hydrogens is 744 g/mol. The number of anilines is 6. The highest BCUT2D eigenvalue weighted by molar-refractivity contribution is 7.33. The van der Waals surface area contributed by atoms with Gasteiger partial charge >= 0.3 is 0 Å². The number of aryl methyl sites for hydroxylation is 1. The highest BCUT2D eigenvalue weighted by Gasteiger charge is 2.54. The van der Waals surface area contributed by atoms with Crippen LogP contribution in [0.4, 0.5) is 34.1 Å². The second kappa shape index (κ2) is 12.2. The molecule has 1 fully saturated rings. The molecule has 4 heteroatoms. The summed E-state index contributed by atoms with van der Waals surface area (Å²) in [7, 11) is 0. The van der Waals surface area contributed by atoms with Crippen LogP contribution in [0.3, 0.4) is 0 Å². The predicted octanol–water partition coefficient (Wildman–Crippen LogP) is 14.0. The van der Waals surface area contributed by atoms with Gasteiger partial charge in [-0.2, -0.15) is 0 Å². The Morgan fingerprint density at radius 1 is 0.633 bits per heavy atom. The minimum Gasteiger partial charge on any atom is -0.311 e. The first-order valence-electron chi connectivity index (χ1n) is 22.9. The molecule has 306 valence electrons. The van der Waals surface area contributed by atoms with Gasteiger partial charge in [-0.15, -0.1) is 11.3 Å². The first kappa shape index (κ1) is 38.6. The van der Waals surface area contributed by atoms with Crippen LogP contribution in [0, 0.1) is 12.8 Å². The first-order chi connectivity index (χ1) is 28.2. The summed E-state index contributed by atoms with van der Waals surface area (Å²) < 4.78 is 2.94. The minimum atomic E-state index is 0.0780. The number of nitrogens with zero attached hydrogens (tertiary/aromatic N) is 2. The Bertz CT molecular complexity index is 2790. The Labute approximate surface area is 364 Å². The molecule has 11 rings (SSSR count). The van der Waals surface area contributed by atoms with Gasteiger partial charge in [0.15, 0.2) is 0 Å². The van der Waals surface area contributed by atoms with E-state index in [0.717, 1.165) is 5.92 Å². The number of thiophene rings is 1. The van der Waals surface area contributed by atoms with Crippen molar-refractivity contribution in [1.29, 1.82) is 0 Å². The molecule has 2 nitrogen and oxygen atoms in total. The van der Waals surface area contributed by atoms with Crippen LogP contribution in [-0.2, 0) is 27.1 Å². The largest absolute Gasteiger partial charge is 0.311 e. The van der Waals surface area contributed by atoms with Crippen LogP contribution in [-0.4, -0.2) is 6.71 Å². The Kier molecular flexibility index (Phi) is 7.86. The van der Waals surface area contributed by atoms with Crippen LogP contribution in [0.15, 0.2) is 84.9 Å². The van der Waals surface area contributed by atoms with E-state index < -0.39 is 0 Å². The lowest BCUT2D eigenvalue weighted by atomic mass is 9.35. The van der Waals surface area contributed by atoms with Crippen LogP contribution in [0.1, 0.15) is 154 Å². The maximum atomic E-state index is 2.70. The maximum absolute atomic E-state index is 2.70. The Morgan fingerprint density at radius 2 is 1.18 bits per heavy atom. The number of hydrogen-bond acceptors (Lipinski definition) is 3. The van der Waals surface area contributed by atoms with Crippen LogP contribution < -0.4 is 25.5 Å². The van der Waals surface area contributed by atoms with Gasteiger partial charge in [-0.25, -0.2) is 0 Å². The summed E-state index contributed by atoms with van der Waals surface area (Å²) in [5.74, 6) is 1.35. The van der Waals surface area contributed by atoms with Crippen molar-refractivity contribution in [3.63, 3.8) is 0 Å². The lowest BCUT2D eigenvalue weighted by Gasteiger charge is -2.47. The van der Waals surface area contributed by atoms with E-state index in [9.17, 15) is 0 Å². The van der Waals surface area contributed by atoms with Crippen molar-refractivity contribution < 1.29 is 0 Å². The molecule has 0 saturated heterocycles. The molecule has 0 spiro atoms. The second-order valence-corrected chi connectivity index (χ2v) is 24.3. The second-order valence-electron chi connectivity index (χ2n) is 23.2. The fraction of sp³-hybridized carbons (Fsp3) is 0.429. The molecule has 1 saturated carbocycles. The third-order valence-electron chi connectivity index (χ3n) is 16.4. The predicted molar refractivity (Wildman–Crippen MR) is 262 cm³/mol. The van der Waals surface area contributed by atoms with E-state index >= 15 is 0 Å². The number of hydrogen-bond donors (Lipinski definition) is 0. The molecule has 6 aromatic rings. The standard InChI is InChI=1S/C56H63BN2S/c1-32-26-46-49-47(27-32)59(37-20-16-35(17-21-37)53(6,7)8)50-39-28-38-33(2)40-22-23-56(40,13)41(38)31-48(39)60-51(50)57(49)44-29-42-43(55(11,12)25-24-54(42,9)10)30-45(44)58(46)36-18-14-34(15-19-36)52(3,4)5/h14-21,26-31,33,40H,22-25H2,1-13H3. The molecule has 1 aromatic heterocycles. The van der Waals surface area contributed by atoms with Crippen molar-refractivity contribution >= 4 is 78.0 Å². The Hall–Kier alpha value is -4.28. The van der Waals surface area contributed by atoms with E-state index in [0.29, 0.717) is 11.3 Å². The molecule has 3 aliphatic carbocycles. The minimum absolute atomic E-state index is 0.0780. The van der Waals surface area contributed by atoms with E-state index in [1.165, 1.54) is 113 Å². The summed E-state index contributed by atoms with van der Waals surface area (Å²) in [6.45, 7) is 31.4. The van der Waals surface area contributed by atoms with E-state index in [1.807, 2.05) is 0 Å². The van der Waals surface area contributed by atoms with Gasteiger partial charge in [-0.1, -0.05) is 113 Å². The van der Waals surface area contributed by atoms with E-state index in [4.69, 9.17) is 0 Å². The SMILES string of the molecule is Cc1cc2c3c(c1)N(c1ccc(C(C)(C)C)cc1)c1c(sc4cc5c(cc14)C(C)C1CCC51C)B3c1cc3c(cc1N2c1ccc(C(C)(C)C)cc1)C(C)(C)CCC3(C)C. The highest BCUT2D eigenvalue weighted by atomic mass is 32.1. The Morgan fingerprint density at radius 3 is 1.73 bits per heavy atom. The third kappa shape index (κ3) is 5.25. The maximum Gasteiger partial charge on any atom is 0.264 e. The molecule has 2 aliphatic heterocycles. The molecule has 5 aromatic carbocycles. The normalized spacial score (nSPS) is 23.1. The average molecular weight is 807 g/mol. The lowest BCUT2D eigenvalue weighted by molar-refractivity contribution is 0.142. The monoisotopic (exact) mass is 806 g/mol. The van der Waals surface area contributed by atoms with Crippen molar-refractivity contribution in [3.8, 4) is 0 Å². The summed E-state index contributed by atoms with van der Waals surface area (Å²) in [6.07, 6.45) is 5.06. The molecule has 5 aliphatic rings. The summed E-state index contributed by atoms with van der Waals surface area (Å²) in [5, 5.41) is 1.43. The van der Waals surface area contributed by atoms with Gasteiger partial charge in [-0.05, 0) is 176 Å². The zero-order valence-electron chi connectivity index (χ0n) is 38.4. The summed E-state index contributed by atoms with van der Waals surface area (Å²) in [5.41, 5.74) is 21.7. The third-order valence-corrected chi connectivity index (χ3v) is 17.6. The van der Waals surface area contributed by atoms with Crippen LogP contribution in [0.5, 0.6) is 0 Å². The van der Waals surface area contributed by atoms with Gasteiger partial charge in [0.25, 0.3) is 6.71 Å². The molecule has 60 heavy (non-hydrogen) atoms. The van der Waals surface area contributed by atoms with Crippen molar-refractivity contribution in [2.45, 2.75) is 149 Å². The van der Waals surface area contributed by atoms with Gasteiger partial charge in [-0.3, -0.25) is 0 Å². The fourth-order valence-corrected chi connectivity index (χ4v) is 13.8. The van der Waals surface area contributed by atoms with Crippen LogP contribution in [0.25, 0.3) is 10.1 Å². The molecule has 0 amide bonds. The zero-order valence-corrected chi connectivity index (χ0v) is 39.3. The van der Waals surface area contributed by atoms with E-state index in [2.05, 4.69) is 196 Å². The van der Waals surface area contributed by atoms with E-state index in [1.54, 1.807) is 11.1 Å². The zero-order chi connectivity index (χ0) is 42.2. The van der Waals surface area contributed by atoms with Crippen molar-refractivity contribution in [1.82, 2.24) is 0 Å².